The third kappa shape index (κ3) is 0.904. The molecule has 1 heterocycles. The van der Waals surface area contributed by atoms with Crippen molar-refractivity contribution in [3.63, 3.8) is 0 Å². The fourth-order valence-electron chi connectivity index (χ4n) is 2.75. The number of hydrogen-bond acceptors (Lipinski definition) is 0. The van der Waals surface area contributed by atoms with E-state index in [1.54, 1.807) is 0 Å². The maximum atomic E-state index is 3.52. The number of H-pyrrole nitrogens is 1. The van der Waals surface area contributed by atoms with E-state index >= 15 is 0 Å². The van der Waals surface area contributed by atoms with Crippen molar-refractivity contribution in [3.05, 3.63) is 59.8 Å². The zero-order chi connectivity index (χ0) is 10.5. The highest BCUT2D eigenvalue weighted by atomic mass is 14.7. The van der Waals surface area contributed by atoms with Gasteiger partial charge in [-0.2, -0.15) is 0 Å². The quantitative estimate of drug-likeness (QED) is 0.450. The maximum Gasteiger partial charge on any atom is 0.0462 e. The van der Waals surface area contributed by atoms with Gasteiger partial charge < -0.3 is 4.98 Å². The number of nitrogens with one attached hydrogen (secondary N) is 1. The molecule has 0 saturated heterocycles. The fraction of sp³-hybridized carbons (Fsp3) is 0.0667. The van der Waals surface area contributed by atoms with Crippen molar-refractivity contribution in [2.24, 2.45) is 0 Å². The Labute approximate surface area is 93.7 Å². The molecule has 3 aromatic rings. The number of hydrogen-bond donors (Lipinski definition) is 1. The smallest absolute Gasteiger partial charge is 0.0462 e. The second kappa shape index (κ2) is 2.76. The molecule has 0 bridgehead atoms. The largest absolute Gasteiger partial charge is 0.358 e. The Hall–Kier alpha value is -2.02. The minimum atomic E-state index is 1.04. The van der Waals surface area contributed by atoms with Gasteiger partial charge in [0.1, 0.15) is 0 Å². The van der Waals surface area contributed by atoms with E-state index in [2.05, 4.69) is 53.5 Å². The van der Waals surface area contributed by atoms with Gasteiger partial charge in [0, 0.05) is 28.6 Å². The molecule has 1 aliphatic rings. The van der Waals surface area contributed by atoms with Crippen molar-refractivity contribution in [2.45, 2.75) is 6.42 Å². The highest BCUT2D eigenvalue weighted by molar-refractivity contribution is 6.00. The third-order valence-corrected chi connectivity index (χ3v) is 3.44. The van der Waals surface area contributed by atoms with Crippen LogP contribution < -0.4 is 0 Å². The molecule has 0 spiro atoms. The number of rotatable bonds is 0. The molecule has 76 valence electrons. The van der Waals surface area contributed by atoms with E-state index in [1.807, 2.05) is 0 Å². The van der Waals surface area contributed by atoms with E-state index < -0.39 is 0 Å². The number of aromatic nitrogens is 1. The molecule has 1 aliphatic carbocycles. The van der Waals surface area contributed by atoms with Crippen LogP contribution in [0.15, 0.2) is 48.5 Å². The predicted octanol–water partition coefficient (Wildman–Crippen LogP) is 3.74. The van der Waals surface area contributed by atoms with E-state index in [1.165, 1.54) is 33.3 Å². The summed E-state index contributed by atoms with van der Waals surface area (Å²) in [6, 6.07) is 17.2. The predicted molar refractivity (Wildman–Crippen MR) is 66.5 cm³/mol. The average molecular weight is 205 g/mol. The molecule has 0 unspecified atom stereocenters. The minimum Gasteiger partial charge on any atom is -0.358 e. The van der Waals surface area contributed by atoms with E-state index in [0.29, 0.717) is 0 Å². The van der Waals surface area contributed by atoms with E-state index in [9.17, 15) is 0 Å². The van der Waals surface area contributed by atoms with Crippen molar-refractivity contribution in [1.82, 2.24) is 4.98 Å². The van der Waals surface area contributed by atoms with E-state index in [0.717, 1.165) is 6.42 Å². The molecule has 0 saturated carbocycles. The summed E-state index contributed by atoms with van der Waals surface area (Å²) in [6.07, 6.45) is 1.04. The molecule has 1 heteroatoms. The van der Waals surface area contributed by atoms with E-state index in [-0.39, 0.29) is 0 Å². The van der Waals surface area contributed by atoms with Crippen LogP contribution in [-0.4, -0.2) is 4.98 Å². The molecule has 0 fully saturated rings. The first kappa shape index (κ1) is 8.17. The van der Waals surface area contributed by atoms with Gasteiger partial charge in [-0.15, -0.1) is 0 Å². The first-order valence-corrected chi connectivity index (χ1v) is 5.61. The standard InChI is InChI=1S/C15H11N/c1-2-6-11-10(5-1)9-14-15(11)12-7-3-4-8-13(12)16-14/h1-8,16H,9H2. The topological polar surface area (TPSA) is 15.8 Å². The molecule has 0 atom stereocenters. The first-order chi connectivity index (χ1) is 7.93. The van der Waals surface area contributed by atoms with Crippen molar-refractivity contribution in [3.8, 4) is 11.1 Å². The zero-order valence-electron chi connectivity index (χ0n) is 8.83. The van der Waals surface area contributed by atoms with Crippen LogP contribution in [0.2, 0.25) is 0 Å². The molecular weight excluding hydrogens is 194 g/mol. The second-order valence-corrected chi connectivity index (χ2v) is 4.36. The summed E-state index contributed by atoms with van der Waals surface area (Å²) in [7, 11) is 0. The Morgan fingerprint density at radius 1 is 0.875 bits per heavy atom. The Morgan fingerprint density at radius 2 is 1.69 bits per heavy atom. The van der Waals surface area contributed by atoms with Crippen LogP contribution in [0.5, 0.6) is 0 Å². The van der Waals surface area contributed by atoms with Crippen LogP contribution in [0.25, 0.3) is 22.0 Å². The molecule has 0 amide bonds. The van der Waals surface area contributed by atoms with Crippen LogP contribution in [0.3, 0.4) is 0 Å². The minimum absolute atomic E-state index is 1.04. The third-order valence-electron chi connectivity index (χ3n) is 3.44. The average Bonchev–Trinajstić information content (AvgIpc) is 2.83. The molecule has 2 aromatic carbocycles. The number of aromatic amines is 1. The summed E-state index contributed by atoms with van der Waals surface area (Å²) in [5, 5.41) is 1.35. The van der Waals surface area contributed by atoms with Crippen molar-refractivity contribution >= 4 is 10.9 Å². The number of fused-ring (bicyclic) bond motifs is 5. The summed E-state index contributed by atoms with van der Waals surface area (Å²) in [5.41, 5.74) is 6.86. The maximum absolute atomic E-state index is 3.52. The second-order valence-electron chi connectivity index (χ2n) is 4.36. The first-order valence-electron chi connectivity index (χ1n) is 5.61. The molecule has 1 aromatic heterocycles. The van der Waals surface area contributed by atoms with Crippen molar-refractivity contribution in [2.75, 3.05) is 0 Å². The van der Waals surface area contributed by atoms with Gasteiger partial charge in [-0.1, -0.05) is 42.5 Å². The van der Waals surface area contributed by atoms with E-state index in [4.69, 9.17) is 0 Å². The number of para-hydroxylation sites is 1. The van der Waals surface area contributed by atoms with Gasteiger partial charge >= 0.3 is 0 Å². The molecular formula is C15H11N. The van der Waals surface area contributed by atoms with Crippen molar-refractivity contribution in [1.29, 1.82) is 0 Å². The molecule has 16 heavy (non-hydrogen) atoms. The highest BCUT2D eigenvalue weighted by Crippen LogP contribution is 2.40. The van der Waals surface area contributed by atoms with Gasteiger partial charge in [0.05, 0.1) is 0 Å². The Kier molecular flexibility index (Phi) is 1.41. The van der Waals surface area contributed by atoms with Crippen LogP contribution in [0.1, 0.15) is 11.3 Å². The monoisotopic (exact) mass is 205 g/mol. The van der Waals surface area contributed by atoms with Gasteiger partial charge in [0.25, 0.3) is 0 Å². The van der Waals surface area contributed by atoms with Crippen LogP contribution in [0.4, 0.5) is 0 Å². The Balaban J connectivity index is 2.15. The summed E-state index contributed by atoms with van der Waals surface area (Å²) in [6.45, 7) is 0. The van der Waals surface area contributed by atoms with Crippen LogP contribution in [-0.2, 0) is 6.42 Å². The summed E-state index contributed by atoms with van der Waals surface area (Å²) in [5.74, 6) is 0. The highest BCUT2D eigenvalue weighted by Gasteiger charge is 2.21. The van der Waals surface area contributed by atoms with Gasteiger partial charge in [-0.25, -0.2) is 0 Å². The summed E-state index contributed by atoms with van der Waals surface area (Å²) >= 11 is 0. The normalized spacial score (nSPS) is 12.8. The lowest BCUT2D eigenvalue weighted by molar-refractivity contribution is 1.17. The summed E-state index contributed by atoms with van der Waals surface area (Å²) < 4.78 is 0. The SMILES string of the molecule is c1ccc2c(c1)Cc1[nH]c3ccccc3c1-2. The van der Waals surface area contributed by atoms with Crippen LogP contribution >= 0.6 is 0 Å². The lowest BCUT2D eigenvalue weighted by Gasteiger charge is -1.99. The molecule has 0 aliphatic heterocycles. The Bertz CT molecular complexity index is 691. The molecule has 1 N–H and O–H groups in total. The van der Waals surface area contributed by atoms with Crippen LogP contribution in [0, 0.1) is 0 Å². The van der Waals surface area contributed by atoms with Gasteiger partial charge in [-0.05, 0) is 17.2 Å². The zero-order valence-corrected chi connectivity index (χ0v) is 8.83. The van der Waals surface area contributed by atoms with Gasteiger partial charge in [0.2, 0.25) is 0 Å². The fourth-order valence-corrected chi connectivity index (χ4v) is 2.75. The lowest BCUT2D eigenvalue weighted by Crippen LogP contribution is -1.81. The molecule has 4 rings (SSSR count). The number of benzene rings is 2. The lowest BCUT2D eigenvalue weighted by atomic mass is 10.0. The molecule has 1 nitrogen and oxygen atoms in total. The van der Waals surface area contributed by atoms with Gasteiger partial charge in [-0.3, -0.25) is 0 Å². The summed E-state index contributed by atoms with van der Waals surface area (Å²) in [4.78, 5) is 3.52. The van der Waals surface area contributed by atoms with Crippen molar-refractivity contribution < 1.29 is 0 Å². The van der Waals surface area contributed by atoms with Gasteiger partial charge in [0.15, 0.2) is 0 Å². The molecule has 0 radical (unpaired) electrons. The Morgan fingerprint density at radius 3 is 2.69 bits per heavy atom.